The summed E-state index contributed by atoms with van der Waals surface area (Å²) in [6, 6.07) is 15.7. The molecule has 4 aromatic rings. The molecule has 1 amide bonds. The number of fused-ring (bicyclic) bond motifs is 1. The Hall–Kier alpha value is -2.89. The van der Waals surface area contributed by atoms with Crippen molar-refractivity contribution < 1.29 is 13.6 Å². The van der Waals surface area contributed by atoms with Crippen LogP contribution in [0.2, 0.25) is 10.0 Å². The Morgan fingerprint density at radius 1 is 1.00 bits per heavy atom. The van der Waals surface area contributed by atoms with E-state index >= 15 is 0 Å². The van der Waals surface area contributed by atoms with Gasteiger partial charge >= 0.3 is 0 Å². The van der Waals surface area contributed by atoms with Gasteiger partial charge in [-0.2, -0.15) is 0 Å². The molecule has 0 spiro atoms. The number of hydrogen-bond donors (Lipinski definition) is 1. The summed E-state index contributed by atoms with van der Waals surface area (Å²) in [6.07, 6.45) is 0. The van der Waals surface area contributed by atoms with Gasteiger partial charge in [-0.15, -0.1) is 0 Å². The minimum absolute atomic E-state index is 0.302. The van der Waals surface area contributed by atoms with Crippen molar-refractivity contribution >= 4 is 45.9 Å². The highest BCUT2D eigenvalue weighted by molar-refractivity contribution is 6.42. The van der Waals surface area contributed by atoms with E-state index in [0.29, 0.717) is 43.9 Å². The third-order valence-electron chi connectivity index (χ3n) is 3.90. The van der Waals surface area contributed by atoms with Gasteiger partial charge in [-0.3, -0.25) is 4.79 Å². The largest absolute Gasteiger partial charge is 0.436 e. The molecule has 0 radical (unpaired) electrons. The molecule has 134 valence electrons. The smallest absolute Gasteiger partial charge is 0.255 e. The number of oxazole rings is 1. The normalized spacial score (nSPS) is 10.9. The third kappa shape index (κ3) is 3.65. The Balaban J connectivity index is 1.61. The van der Waals surface area contributed by atoms with E-state index in [4.69, 9.17) is 27.6 Å². The number of hydrogen-bond acceptors (Lipinski definition) is 3. The van der Waals surface area contributed by atoms with Gasteiger partial charge in [-0.05, 0) is 54.6 Å². The van der Waals surface area contributed by atoms with Gasteiger partial charge in [0.25, 0.3) is 5.91 Å². The standard InChI is InChI=1S/C20H11Cl2FN2O2/c21-15-6-4-11(9-16(15)22)19(26)24-14-5-7-18-17(10-14)25-20(27-18)12-2-1-3-13(23)8-12/h1-10H,(H,24,26). The average molecular weight is 401 g/mol. The summed E-state index contributed by atoms with van der Waals surface area (Å²) in [7, 11) is 0. The lowest BCUT2D eigenvalue weighted by atomic mass is 10.2. The summed E-state index contributed by atoms with van der Waals surface area (Å²) in [5, 5.41) is 3.45. The highest BCUT2D eigenvalue weighted by Crippen LogP contribution is 2.27. The van der Waals surface area contributed by atoms with Gasteiger partial charge in [0, 0.05) is 16.8 Å². The SMILES string of the molecule is O=C(Nc1ccc2oc(-c3cccc(F)c3)nc2c1)c1ccc(Cl)c(Cl)c1. The molecule has 0 saturated heterocycles. The molecule has 1 aromatic heterocycles. The summed E-state index contributed by atoms with van der Waals surface area (Å²) < 4.78 is 19.1. The van der Waals surface area contributed by atoms with Gasteiger partial charge in [0.1, 0.15) is 11.3 Å². The Morgan fingerprint density at radius 2 is 1.85 bits per heavy atom. The van der Waals surface area contributed by atoms with Crippen LogP contribution in [0.15, 0.2) is 65.1 Å². The quantitative estimate of drug-likeness (QED) is 0.445. The van der Waals surface area contributed by atoms with Crippen molar-refractivity contribution in [3.8, 4) is 11.5 Å². The molecule has 3 aromatic carbocycles. The summed E-state index contributed by atoms with van der Waals surface area (Å²) in [6.45, 7) is 0. The van der Waals surface area contributed by atoms with E-state index in [1.54, 1.807) is 42.5 Å². The van der Waals surface area contributed by atoms with Crippen LogP contribution in [0.3, 0.4) is 0 Å². The van der Waals surface area contributed by atoms with Crippen LogP contribution in [0.5, 0.6) is 0 Å². The maximum Gasteiger partial charge on any atom is 0.255 e. The Kier molecular flexibility index (Phi) is 4.56. The number of benzene rings is 3. The summed E-state index contributed by atoms with van der Waals surface area (Å²) in [4.78, 5) is 16.7. The van der Waals surface area contributed by atoms with Crippen LogP contribution in [0.1, 0.15) is 10.4 Å². The van der Waals surface area contributed by atoms with Gasteiger partial charge < -0.3 is 9.73 Å². The van der Waals surface area contributed by atoms with E-state index < -0.39 is 0 Å². The lowest BCUT2D eigenvalue weighted by Gasteiger charge is -2.06. The first-order chi connectivity index (χ1) is 13.0. The number of amides is 1. The molecule has 4 rings (SSSR count). The minimum Gasteiger partial charge on any atom is -0.436 e. The van der Waals surface area contributed by atoms with Gasteiger partial charge in [0.15, 0.2) is 5.58 Å². The summed E-state index contributed by atoms with van der Waals surface area (Å²) in [5.74, 6) is -0.399. The molecular formula is C20H11Cl2FN2O2. The van der Waals surface area contributed by atoms with Crippen molar-refractivity contribution in [1.29, 1.82) is 0 Å². The van der Waals surface area contributed by atoms with E-state index in [2.05, 4.69) is 10.3 Å². The van der Waals surface area contributed by atoms with Gasteiger partial charge in [-0.25, -0.2) is 9.37 Å². The lowest BCUT2D eigenvalue weighted by molar-refractivity contribution is 0.102. The number of carbonyl (C=O) groups is 1. The summed E-state index contributed by atoms with van der Waals surface area (Å²) in [5.41, 5.74) is 2.53. The Bertz CT molecular complexity index is 1170. The van der Waals surface area contributed by atoms with Crippen LogP contribution in [0.4, 0.5) is 10.1 Å². The molecular weight excluding hydrogens is 390 g/mol. The second-order valence-electron chi connectivity index (χ2n) is 5.79. The number of aromatic nitrogens is 1. The van der Waals surface area contributed by atoms with E-state index in [1.807, 2.05) is 0 Å². The average Bonchev–Trinajstić information content (AvgIpc) is 3.07. The fraction of sp³-hybridized carbons (Fsp3) is 0. The zero-order valence-corrected chi connectivity index (χ0v) is 15.2. The molecule has 0 aliphatic heterocycles. The van der Waals surface area contributed by atoms with Crippen molar-refractivity contribution in [3.05, 3.63) is 82.1 Å². The molecule has 0 aliphatic carbocycles. The Morgan fingerprint density at radius 3 is 2.63 bits per heavy atom. The van der Waals surface area contributed by atoms with Crippen LogP contribution in [0, 0.1) is 5.82 Å². The molecule has 0 unspecified atom stereocenters. The maximum atomic E-state index is 13.4. The lowest BCUT2D eigenvalue weighted by Crippen LogP contribution is -2.11. The fourth-order valence-electron chi connectivity index (χ4n) is 2.59. The van der Waals surface area contributed by atoms with Gasteiger partial charge in [0.2, 0.25) is 5.89 Å². The van der Waals surface area contributed by atoms with E-state index in [0.717, 1.165) is 0 Å². The number of nitrogens with zero attached hydrogens (tertiary/aromatic N) is 1. The predicted molar refractivity (Wildman–Crippen MR) is 104 cm³/mol. The number of carbonyl (C=O) groups excluding carboxylic acids is 1. The van der Waals surface area contributed by atoms with Crippen molar-refractivity contribution in [2.45, 2.75) is 0 Å². The number of rotatable bonds is 3. The Labute approximate surface area is 163 Å². The van der Waals surface area contributed by atoms with Crippen molar-refractivity contribution in [1.82, 2.24) is 4.98 Å². The monoisotopic (exact) mass is 400 g/mol. The van der Waals surface area contributed by atoms with Gasteiger partial charge in [0.05, 0.1) is 10.0 Å². The van der Waals surface area contributed by atoms with Crippen LogP contribution in [0.25, 0.3) is 22.6 Å². The first-order valence-electron chi connectivity index (χ1n) is 7.92. The molecule has 7 heteroatoms. The first-order valence-corrected chi connectivity index (χ1v) is 8.68. The van der Waals surface area contributed by atoms with E-state index in [1.165, 1.54) is 18.2 Å². The van der Waals surface area contributed by atoms with E-state index in [-0.39, 0.29) is 11.7 Å². The topological polar surface area (TPSA) is 55.1 Å². The fourth-order valence-corrected chi connectivity index (χ4v) is 2.89. The molecule has 0 saturated carbocycles. The van der Waals surface area contributed by atoms with Gasteiger partial charge in [-0.1, -0.05) is 29.3 Å². The molecule has 0 fully saturated rings. The molecule has 1 heterocycles. The first kappa shape index (κ1) is 17.5. The number of halogens is 3. The van der Waals surface area contributed by atoms with Crippen LogP contribution >= 0.6 is 23.2 Å². The van der Waals surface area contributed by atoms with Crippen molar-refractivity contribution in [2.75, 3.05) is 5.32 Å². The van der Waals surface area contributed by atoms with Crippen LogP contribution in [-0.2, 0) is 0 Å². The molecule has 0 aliphatic rings. The van der Waals surface area contributed by atoms with Crippen LogP contribution < -0.4 is 5.32 Å². The molecule has 27 heavy (non-hydrogen) atoms. The maximum absolute atomic E-state index is 13.4. The van der Waals surface area contributed by atoms with E-state index in [9.17, 15) is 9.18 Å². The molecule has 4 nitrogen and oxygen atoms in total. The summed E-state index contributed by atoms with van der Waals surface area (Å²) >= 11 is 11.8. The van der Waals surface area contributed by atoms with Crippen molar-refractivity contribution in [2.24, 2.45) is 0 Å². The third-order valence-corrected chi connectivity index (χ3v) is 4.64. The molecule has 1 N–H and O–H groups in total. The van der Waals surface area contributed by atoms with Crippen LogP contribution in [-0.4, -0.2) is 10.9 Å². The number of nitrogens with one attached hydrogen (secondary N) is 1. The highest BCUT2D eigenvalue weighted by Gasteiger charge is 2.12. The zero-order chi connectivity index (χ0) is 19.0. The van der Waals surface area contributed by atoms with Crippen molar-refractivity contribution in [3.63, 3.8) is 0 Å². The molecule has 0 bridgehead atoms. The predicted octanol–water partition coefficient (Wildman–Crippen LogP) is 6.19. The zero-order valence-electron chi connectivity index (χ0n) is 13.7. The second kappa shape index (κ2) is 7.02. The highest BCUT2D eigenvalue weighted by atomic mass is 35.5. The minimum atomic E-state index is -0.371. The second-order valence-corrected chi connectivity index (χ2v) is 6.61. The number of anilines is 1. The molecule has 0 atom stereocenters.